The lowest BCUT2D eigenvalue weighted by molar-refractivity contribution is -0.116. The Morgan fingerprint density at radius 3 is 2.52 bits per heavy atom. The third-order valence-electron chi connectivity index (χ3n) is 4.29. The lowest BCUT2D eigenvalue weighted by atomic mass is 10.1. The molecule has 0 radical (unpaired) electrons. The number of rotatable bonds is 7. The molecule has 140 valence electrons. The van der Waals surface area contributed by atoms with Gasteiger partial charge in [-0.05, 0) is 63.1 Å². The fraction of sp³-hybridized carbons (Fsp3) is 0.273. The van der Waals surface area contributed by atoms with E-state index in [0.29, 0.717) is 30.9 Å². The molecule has 27 heavy (non-hydrogen) atoms. The summed E-state index contributed by atoms with van der Waals surface area (Å²) in [6, 6.07) is 17.7. The second kappa shape index (κ2) is 8.54. The molecular weight excluding hydrogens is 338 g/mol. The molecule has 5 heteroatoms. The molecule has 1 N–H and O–H groups in total. The average Bonchev–Trinajstić information content (AvgIpc) is 3.00. The maximum Gasteiger partial charge on any atom is 0.224 e. The van der Waals surface area contributed by atoms with Crippen LogP contribution in [0.1, 0.15) is 30.3 Å². The maximum absolute atomic E-state index is 12.3. The number of amides is 1. The van der Waals surface area contributed by atoms with Gasteiger partial charge in [0.2, 0.25) is 5.91 Å². The normalized spacial score (nSPS) is 10.6. The van der Waals surface area contributed by atoms with E-state index in [2.05, 4.69) is 16.5 Å². The van der Waals surface area contributed by atoms with Crippen LogP contribution in [0.15, 0.2) is 54.6 Å². The number of anilines is 1. The first-order chi connectivity index (χ1) is 13.1. The van der Waals surface area contributed by atoms with Crippen LogP contribution < -0.4 is 10.1 Å². The topological polar surface area (TPSA) is 56.1 Å². The Labute approximate surface area is 160 Å². The number of aromatic nitrogens is 2. The van der Waals surface area contributed by atoms with E-state index in [-0.39, 0.29) is 5.91 Å². The van der Waals surface area contributed by atoms with Gasteiger partial charge in [-0.1, -0.05) is 24.3 Å². The number of hydrogen-bond donors (Lipinski definition) is 1. The predicted molar refractivity (Wildman–Crippen MR) is 108 cm³/mol. The number of carbonyl (C=O) groups excluding carboxylic acids is 1. The Morgan fingerprint density at radius 2 is 1.85 bits per heavy atom. The molecule has 0 aliphatic carbocycles. The summed E-state index contributed by atoms with van der Waals surface area (Å²) in [7, 11) is 0. The van der Waals surface area contributed by atoms with Crippen LogP contribution in [0.3, 0.4) is 0 Å². The number of aryl methyl sites for hydroxylation is 3. The van der Waals surface area contributed by atoms with E-state index in [0.717, 1.165) is 22.6 Å². The molecule has 3 rings (SSSR count). The number of benzene rings is 2. The molecule has 5 nitrogen and oxygen atoms in total. The van der Waals surface area contributed by atoms with Crippen molar-refractivity contribution in [2.75, 3.05) is 11.9 Å². The highest BCUT2D eigenvalue weighted by molar-refractivity contribution is 5.92. The average molecular weight is 363 g/mol. The Balaban J connectivity index is 1.59. The predicted octanol–water partition coefficient (Wildman–Crippen LogP) is 4.46. The molecule has 3 aromatic rings. The molecule has 0 saturated heterocycles. The summed E-state index contributed by atoms with van der Waals surface area (Å²) in [4.78, 5) is 12.3. The van der Waals surface area contributed by atoms with Crippen molar-refractivity contribution in [1.29, 1.82) is 0 Å². The van der Waals surface area contributed by atoms with Crippen LogP contribution in [0.2, 0.25) is 0 Å². The minimum Gasteiger partial charge on any atom is -0.492 e. The van der Waals surface area contributed by atoms with Crippen molar-refractivity contribution in [1.82, 2.24) is 9.78 Å². The standard InChI is InChI=1S/C22H25N3O2/c1-4-27-21-8-6-5-7-20(21)23-22(26)14-11-18-9-12-19(13-10-18)25-17(3)15-16(2)24-25/h5-10,12-13,15H,4,11,14H2,1-3H3,(H,23,26). The van der Waals surface area contributed by atoms with Gasteiger partial charge >= 0.3 is 0 Å². The van der Waals surface area contributed by atoms with Gasteiger partial charge in [0.1, 0.15) is 5.75 Å². The van der Waals surface area contributed by atoms with E-state index in [1.165, 1.54) is 0 Å². The quantitative estimate of drug-likeness (QED) is 0.674. The van der Waals surface area contributed by atoms with Gasteiger partial charge in [0.05, 0.1) is 23.7 Å². The summed E-state index contributed by atoms with van der Waals surface area (Å²) in [5.41, 5.74) is 4.96. The van der Waals surface area contributed by atoms with Gasteiger partial charge in [-0.3, -0.25) is 4.79 Å². The highest BCUT2D eigenvalue weighted by Gasteiger charge is 2.08. The zero-order valence-corrected chi connectivity index (χ0v) is 16.0. The summed E-state index contributed by atoms with van der Waals surface area (Å²) in [5, 5.41) is 7.43. The van der Waals surface area contributed by atoms with Gasteiger partial charge in [-0.15, -0.1) is 0 Å². The van der Waals surface area contributed by atoms with E-state index < -0.39 is 0 Å². The van der Waals surface area contributed by atoms with Gasteiger partial charge in [0, 0.05) is 12.1 Å². The summed E-state index contributed by atoms with van der Waals surface area (Å²) in [6.07, 6.45) is 1.10. The van der Waals surface area contributed by atoms with Crippen molar-refractivity contribution in [2.24, 2.45) is 0 Å². The number of carbonyl (C=O) groups is 1. The number of para-hydroxylation sites is 2. The highest BCUT2D eigenvalue weighted by Crippen LogP contribution is 2.24. The third kappa shape index (κ3) is 4.76. The number of nitrogens with one attached hydrogen (secondary N) is 1. The molecule has 1 heterocycles. The fourth-order valence-electron chi connectivity index (χ4n) is 3.02. The van der Waals surface area contributed by atoms with Crippen molar-refractivity contribution in [2.45, 2.75) is 33.6 Å². The van der Waals surface area contributed by atoms with Crippen molar-refractivity contribution < 1.29 is 9.53 Å². The summed E-state index contributed by atoms with van der Waals surface area (Å²) in [5.74, 6) is 0.673. The van der Waals surface area contributed by atoms with Crippen molar-refractivity contribution in [3.05, 3.63) is 71.5 Å². The molecule has 1 amide bonds. The largest absolute Gasteiger partial charge is 0.492 e. The minimum absolute atomic E-state index is 0.0234. The zero-order chi connectivity index (χ0) is 19.2. The Hall–Kier alpha value is -3.08. The number of ether oxygens (including phenoxy) is 1. The number of nitrogens with zero attached hydrogens (tertiary/aromatic N) is 2. The van der Waals surface area contributed by atoms with Crippen molar-refractivity contribution >= 4 is 11.6 Å². The summed E-state index contributed by atoms with van der Waals surface area (Å²) in [6.45, 7) is 6.52. The van der Waals surface area contributed by atoms with Gasteiger partial charge in [-0.25, -0.2) is 4.68 Å². The van der Waals surface area contributed by atoms with Crippen LogP contribution in [0.4, 0.5) is 5.69 Å². The van der Waals surface area contributed by atoms with Gasteiger partial charge in [-0.2, -0.15) is 5.10 Å². The first-order valence-corrected chi connectivity index (χ1v) is 9.21. The molecular formula is C22H25N3O2. The molecule has 0 aliphatic rings. The fourth-order valence-corrected chi connectivity index (χ4v) is 3.02. The van der Waals surface area contributed by atoms with E-state index >= 15 is 0 Å². The van der Waals surface area contributed by atoms with Crippen molar-refractivity contribution in [3.63, 3.8) is 0 Å². The SMILES string of the molecule is CCOc1ccccc1NC(=O)CCc1ccc(-n2nc(C)cc2C)cc1. The van der Waals surface area contributed by atoms with Gasteiger partial charge in [0.15, 0.2) is 0 Å². The van der Waals surface area contributed by atoms with E-state index in [1.807, 2.05) is 74.0 Å². The molecule has 0 atom stereocenters. The Bertz CT molecular complexity index is 914. The lowest BCUT2D eigenvalue weighted by Gasteiger charge is -2.11. The molecule has 0 bridgehead atoms. The Kier molecular flexibility index (Phi) is 5.91. The number of hydrogen-bond acceptors (Lipinski definition) is 3. The molecule has 2 aromatic carbocycles. The Morgan fingerprint density at radius 1 is 1.11 bits per heavy atom. The van der Waals surface area contributed by atoms with Crippen molar-refractivity contribution in [3.8, 4) is 11.4 Å². The van der Waals surface area contributed by atoms with Crippen LogP contribution in [-0.4, -0.2) is 22.3 Å². The second-order valence-electron chi connectivity index (χ2n) is 6.48. The maximum atomic E-state index is 12.3. The van der Waals surface area contributed by atoms with Gasteiger partial charge in [0.25, 0.3) is 0 Å². The highest BCUT2D eigenvalue weighted by atomic mass is 16.5. The molecule has 0 spiro atoms. The monoisotopic (exact) mass is 363 g/mol. The van der Waals surface area contributed by atoms with Crippen LogP contribution in [0.5, 0.6) is 5.75 Å². The van der Waals surface area contributed by atoms with E-state index in [4.69, 9.17) is 4.74 Å². The second-order valence-corrected chi connectivity index (χ2v) is 6.48. The first-order valence-electron chi connectivity index (χ1n) is 9.21. The van der Waals surface area contributed by atoms with Crippen LogP contribution >= 0.6 is 0 Å². The molecule has 0 unspecified atom stereocenters. The molecule has 0 saturated carbocycles. The van der Waals surface area contributed by atoms with Crippen LogP contribution in [-0.2, 0) is 11.2 Å². The third-order valence-corrected chi connectivity index (χ3v) is 4.29. The van der Waals surface area contributed by atoms with Crippen LogP contribution in [0.25, 0.3) is 5.69 Å². The lowest BCUT2D eigenvalue weighted by Crippen LogP contribution is -2.13. The smallest absolute Gasteiger partial charge is 0.224 e. The van der Waals surface area contributed by atoms with Gasteiger partial charge < -0.3 is 10.1 Å². The van der Waals surface area contributed by atoms with E-state index in [9.17, 15) is 4.79 Å². The molecule has 1 aromatic heterocycles. The summed E-state index contributed by atoms with van der Waals surface area (Å²) >= 11 is 0. The summed E-state index contributed by atoms with van der Waals surface area (Å²) < 4.78 is 7.47. The zero-order valence-electron chi connectivity index (χ0n) is 16.0. The van der Waals surface area contributed by atoms with Crippen LogP contribution in [0, 0.1) is 13.8 Å². The molecule has 0 aliphatic heterocycles. The molecule has 0 fully saturated rings. The van der Waals surface area contributed by atoms with E-state index in [1.54, 1.807) is 0 Å². The minimum atomic E-state index is -0.0234. The first kappa shape index (κ1) is 18.7.